The second-order valence-electron chi connectivity index (χ2n) is 5.16. The van der Waals surface area contributed by atoms with E-state index < -0.39 is 12.1 Å². The maximum absolute atomic E-state index is 12.4. The summed E-state index contributed by atoms with van der Waals surface area (Å²) in [6.07, 6.45) is -0.835. The van der Waals surface area contributed by atoms with Gasteiger partial charge in [0, 0.05) is 11.9 Å². The van der Waals surface area contributed by atoms with Crippen molar-refractivity contribution in [1.29, 1.82) is 0 Å². The van der Waals surface area contributed by atoms with Crippen LogP contribution in [0.25, 0.3) is 10.9 Å². The fourth-order valence-corrected chi connectivity index (χ4v) is 2.42. The zero-order valence-electron chi connectivity index (χ0n) is 13.3. The van der Waals surface area contributed by atoms with Crippen LogP contribution in [-0.4, -0.2) is 29.5 Å². The number of ether oxygens (including phenoxy) is 1. The molecule has 0 aliphatic heterocycles. The minimum Gasteiger partial charge on any atom is -0.449 e. The SMILES string of the molecule is CCNC(=O)[C@@H](C)OC(=O)c1c(C)nc2ccccc2c1C. The van der Waals surface area contributed by atoms with Gasteiger partial charge in [0.2, 0.25) is 0 Å². The van der Waals surface area contributed by atoms with Crippen LogP contribution >= 0.6 is 0 Å². The Labute approximate surface area is 129 Å². The lowest BCUT2D eigenvalue weighted by Crippen LogP contribution is -2.35. The lowest BCUT2D eigenvalue weighted by atomic mass is 10.0. The molecule has 0 unspecified atom stereocenters. The molecule has 1 atom stereocenters. The number of pyridine rings is 1. The minimum atomic E-state index is -0.835. The Morgan fingerprint density at radius 2 is 1.95 bits per heavy atom. The number of nitrogens with zero attached hydrogens (tertiary/aromatic N) is 1. The number of esters is 1. The molecule has 5 heteroatoms. The lowest BCUT2D eigenvalue weighted by Gasteiger charge is -2.15. The molecule has 1 aromatic heterocycles. The number of likely N-dealkylation sites (N-methyl/N-ethyl adjacent to an activating group) is 1. The van der Waals surface area contributed by atoms with Gasteiger partial charge in [-0.05, 0) is 39.3 Å². The number of hydrogen-bond acceptors (Lipinski definition) is 4. The number of aromatic nitrogens is 1. The van der Waals surface area contributed by atoms with Crippen molar-refractivity contribution in [2.75, 3.05) is 6.54 Å². The first-order valence-electron chi connectivity index (χ1n) is 7.30. The van der Waals surface area contributed by atoms with Crippen LogP contribution in [0.2, 0.25) is 0 Å². The van der Waals surface area contributed by atoms with Crippen LogP contribution < -0.4 is 5.32 Å². The first-order valence-corrected chi connectivity index (χ1v) is 7.30. The fourth-order valence-electron chi connectivity index (χ4n) is 2.42. The van der Waals surface area contributed by atoms with Crippen LogP contribution in [0.15, 0.2) is 24.3 Å². The maximum Gasteiger partial charge on any atom is 0.341 e. The summed E-state index contributed by atoms with van der Waals surface area (Å²) in [6.45, 7) is 7.50. The number of amides is 1. The third-order valence-corrected chi connectivity index (χ3v) is 3.54. The molecule has 0 aliphatic rings. The zero-order valence-corrected chi connectivity index (χ0v) is 13.3. The predicted octanol–water partition coefficient (Wildman–Crippen LogP) is 2.53. The summed E-state index contributed by atoms with van der Waals surface area (Å²) < 4.78 is 5.27. The molecule has 1 amide bonds. The number of carbonyl (C=O) groups is 2. The van der Waals surface area contributed by atoms with Crippen LogP contribution in [0.3, 0.4) is 0 Å². The largest absolute Gasteiger partial charge is 0.449 e. The van der Waals surface area contributed by atoms with E-state index in [1.54, 1.807) is 13.8 Å². The molecule has 0 saturated heterocycles. The molecule has 116 valence electrons. The van der Waals surface area contributed by atoms with E-state index in [0.717, 1.165) is 16.5 Å². The van der Waals surface area contributed by atoms with Crippen molar-refractivity contribution in [3.63, 3.8) is 0 Å². The monoisotopic (exact) mass is 300 g/mol. The Hall–Kier alpha value is -2.43. The first kappa shape index (κ1) is 15.9. The van der Waals surface area contributed by atoms with Gasteiger partial charge in [-0.2, -0.15) is 0 Å². The standard InChI is InChI=1S/C17H20N2O3/c1-5-18-16(20)12(4)22-17(21)15-10(2)13-8-6-7-9-14(13)19-11(15)3/h6-9,12H,5H2,1-4H3,(H,18,20)/t12-/m1/s1. The van der Waals surface area contributed by atoms with Crippen molar-refractivity contribution >= 4 is 22.8 Å². The Bertz CT molecular complexity index is 725. The highest BCUT2D eigenvalue weighted by molar-refractivity contribution is 5.99. The summed E-state index contributed by atoms with van der Waals surface area (Å²) in [5.41, 5.74) is 2.68. The summed E-state index contributed by atoms with van der Waals surface area (Å²) in [5, 5.41) is 3.54. The second-order valence-corrected chi connectivity index (χ2v) is 5.16. The van der Waals surface area contributed by atoms with E-state index in [9.17, 15) is 9.59 Å². The van der Waals surface area contributed by atoms with Crippen LogP contribution in [0, 0.1) is 13.8 Å². The third-order valence-electron chi connectivity index (χ3n) is 3.54. The number of hydrogen-bond donors (Lipinski definition) is 1. The summed E-state index contributed by atoms with van der Waals surface area (Å²) in [7, 11) is 0. The highest BCUT2D eigenvalue weighted by Crippen LogP contribution is 2.23. The topological polar surface area (TPSA) is 68.3 Å². The van der Waals surface area contributed by atoms with Gasteiger partial charge in [0.05, 0.1) is 16.8 Å². The Morgan fingerprint density at radius 1 is 1.27 bits per heavy atom. The molecule has 0 bridgehead atoms. The van der Waals surface area contributed by atoms with Gasteiger partial charge in [0.25, 0.3) is 5.91 Å². The van der Waals surface area contributed by atoms with Gasteiger partial charge >= 0.3 is 5.97 Å². The molecule has 2 rings (SSSR count). The smallest absolute Gasteiger partial charge is 0.341 e. The summed E-state index contributed by atoms with van der Waals surface area (Å²) in [5.74, 6) is -0.827. The Morgan fingerprint density at radius 3 is 2.64 bits per heavy atom. The average molecular weight is 300 g/mol. The molecular formula is C17H20N2O3. The summed E-state index contributed by atoms with van der Waals surface area (Å²) in [6, 6.07) is 7.63. The molecule has 0 spiro atoms. The minimum absolute atomic E-state index is 0.306. The van der Waals surface area contributed by atoms with Crippen molar-refractivity contribution in [2.24, 2.45) is 0 Å². The van der Waals surface area contributed by atoms with E-state index >= 15 is 0 Å². The molecule has 0 aliphatic carbocycles. The Balaban J connectivity index is 2.34. The number of benzene rings is 1. The quantitative estimate of drug-likeness (QED) is 0.881. The number of aryl methyl sites for hydroxylation is 2. The van der Waals surface area contributed by atoms with E-state index in [1.165, 1.54) is 0 Å². The summed E-state index contributed by atoms with van der Waals surface area (Å²) >= 11 is 0. The number of carbonyl (C=O) groups excluding carboxylic acids is 2. The van der Waals surface area contributed by atoms with Crippen LogP contribution in [0.1, 0.15) is 35.5 Å². The van der Waals surface area contributed by atoms with Gasteiger partial charge in [-0.3, -0.25) is 9.78 Å². The van der Waals surface area contributed by atoms with Gasteiger partial charge in [-0.1, -0.05) is 18.2 Å². The van der Waals surface area contributed by atoms with E-state index in [0.29, 0.717) is 17.8 Å². The fraction of sp³-hybridized carbons (Fsp3) is 0.353. The van der Waals surface area contributed by atoms with Crippen LogP contribution in [-0.2, 0) is 9.53 Å². The molecular weight excluding hydrogens is 280 g/mol. The van der Waals surface area contributed by atoms with Gasteiger partial charge in [0.15, 0.2) is 6.10 Å². The van der Waals surface area contributed by atoms with E-state index in [4.69, 9.17) is 4.74 Å². The number of para-hydroxylation sites is 1. The molecule has 2 aromatic rings. The predicted molar refractivity (Wildman–Crippen MR) is 84.8 cm³/mol. The number of nitrogens with one attached hydrogen (secondary N) is 1. The average Bonchev–Trinajstić information content (AvgIpc) is 2.47. The van der Waals surface area contributed by atoms with Gasteiger partial charge in [0.1, 0.15) is 0 Å². The van der Waals surface area contributed by atoms with Crippen molar-refractivity contribution in [3.05, 3.63) is 41.1 Å². The first-order chi connectivity index (χ1) is 10.5. The van der Waals surface area contributed by atoms with E-state index in [2.05, 4.69) is 10.3 Å². The Kier molecular flexibility index (Phi) is 4.75. The van der Waals surface area contributed by atoms with Gasteiger partial charge in [-0.15, -0.1) is 0 Å². The number of fused-ring (bicyclic) bond motifs is 1. The van der Waals surface area contributed by atoms with Gasteiger partial charge in [-0.25, -0.2) is 4.79 Å². The van der Waals surface area contributed by atoms with Crippen LogP contribution in [0.5, 0.6) is 0 Å². The van der Waals surface area contributed by atoms with Crippen molar-refractivity contribution in [2.45, 2.75) is 33.8 Å². The lowest BCUT2D eigenvalue weighted by molar-refractivity contribution is -0.128. The zero-order chi connectivity index (χ0) is 16.3. The highest BCUT2D eigenvalue weighted by atomic mass is 16.5. The molecule has 1 aromatic carbocycles. The van der Waals surface area contributed by atoms with Gasteiger partial charge < -0.3 is 10.1 Å². The molecule has 0 saturated carbocycles. The summed E-state index contributed by atoms with van der Waals surface area (Å²) in [4.78, 5) is 28.5. The van der Waals surface area contributed by atoms with Crippen LogP contribution in [0.4, 0.5) is 0 Å². The molecule has 5 nitrogen and oxygen atoms in total. The maximum atomic E-state index is 12.4. The van der Waals surface area contributed by atoms with Crippen molar-refractivity contribution < 1.29 is 14.3 Å². The molecule has 1 heterocycles. The molecule has 1 N–H and O–H groups in total. The van der Waals surface area contributed by atoms with Crippen molar-refractivity contribution in [1.82, 2.24) is 10.3 Å². The van der Waals surface area contributed by atoms with Crippen molar-refractivity contribution in [3.8, 4) is 0 Å². The van der Waals surface area contributed by atoms with E-state index in [1.807, 2.05) is 38.1 Å². The second kappa shape index (κ2) is 6.56. The number of rotatable bonds is 4. The highest BCUT2D eigenvalue weighted by Gasteiger charge is 2.22. The van der Waals surface area contributed by atoms with E-state index in [-0.39, 0.29) is 5.91 Å². The molecule has 22 heavy (non-hydrogen) atoms. The molecule has 0 fully saturated rings. The molecule has 0 radical (unpaired) electrons. The normalized spacial score (nSPS) is 12.0. The third kappa shape index (κ3) is 3.08.